The number of aliphatic hydroxyl groups excluding tert-OH is 1. The van der Waals surface area contributed by atoms with Gasteiger partial charge in [-0.2, -0.15) is 0 Å². The number of nitrogens with zero attached hydrogens (tertiary/aromatic N) is 1. The lowest BCUT2D eigenvalue weighted by molar-refractivity contribution is 0.114. The van der Waals surface area contributed by atoms with Gasteiger partial charge >= 0.3 is 0 Å². The van der Waals surface area contributed by atoms with Gasteiger partial charge < -0.3 is 30.0 Å². The van der Waals surface area contributed by atoms with Crippen LogP contribution >= 0.6 is 24.0 Å². The van der Waals surface area contributed by atoms with Gasteiger partial charge in [-0.3, -0.25) is 4.99 Å². The molecule has 7 nitrogen and oxygen atoms in total. The Morgan fingerprint density at radius 2 is 1.87 bits per heavy atom. The van der Waals surface area contributed by atoms with Crippen LogP contribution < -0.4 is 24.8 Å². The van der Waals surface area contributed by atoms with Gasteiger partial charge in [0.05, 0.1) is 26.8 Å². The van der Waals surface area contributed by atoms with Crippen molar-refractivity contribution in [2.45, 2.75) is 32.9 Å². The van der Waals surface area contributed by atoms with Crippen LogP contribution in [0.1, 0.15) is 31.0 Å². The molecule has 172 valence electrons. The van der Waals surface area contributed by atoms with Gasteiger partial charge in [0.15, 0.2) is 5.96 Å². The third kappa shape index (κ3) is 8.82. The molecule has 0 aromatic heterocycles. The zero-order chi connectivity index (χ0) is 21.9. The quantitative estimate of drug-likeness (QED) is 0.241. The van der Waals surface area contributed by atoms with Crippen molar-refractivity contribution in [1.82, 2.24) is 10.6 Å². The molecule has 0 fully saturated rings. The van der Waals surface area contributed by atoms with Crippen LogP contribution in [0.25, 0.3) is 0 Å². The lowest BCUT2D eigenvalue weighted by atomic mass is 10.1. The first-order chi connectivity index (χ1) is 14.5. The monoisotopic (exact) mass is 543 g/mol. The zero-order valence-corrected chi connectivity index (χ0v) is 21.2. The number of benzene rings is 2. The lowest BCUT2D eigenvalue weighted by Crippen LogP contribution is -2.39. The van der Waals surface area contributed by atoms with Gasteiger partial charge in [-0.1, -0.05) is 12.1 Å². The summed E-state index contributed by atoms with van der Waals surface area (Å²) in [5.74, 6) is 2.86. The highest BCUT2D eigenvalue weighted by Crippen LogP contribution is 2.29. The SMILES string of the molecule is CCNC(=NCC(O)COc1cccc(C)c1)NC(C)c1cc(OC)ccc1OC.I. The molecule has 0 aliphatic carbocycles. The smallest absolute Gasteiger partial charge is 0.191 e. The molecule has 0 saturated carbocycles. The van der Waals surface area contributed by atoms with Crippen LogP contribution in [0.3, 0.4) is 0 Å². The van der Waals surface area contributed by atoms with Crippen molar-refractivity contribution in [3.05, 3.63) is 53.6 Å². The first-order valence-corrected chi connectivity index (χ1v) is 10.1. The highest BCUT2D eigenvalue weighted by molar-refractivity contribution is 14.0. The number of halogens is 1. The number of aliphatic imine (C=N–C) groups is 1. The minimum Gasteiger partial charge on any atom is -0.497 e. The van der Waals surface area contributed by atoms with Crippen molar-refractivity contribution in [3.63, 3.8) is 0 Å². The molecule has 2 rings (SSSR count). The summed E-state index contributed by atoms with van der Waals surface area (Å²) in [6.07, 6.45) is -0.720. The Morgan fingerprint density at radius 1 is 1.10 bits per heavy atom. The van der Waals surface area contributed by atoms with Gasteiger partial charge in [-0.05, 0) is 56.7 Å². The molecular formula is C23H34IN3O4. The van der Waals surface area contributed by atoms with Crippen molar-refractivity contribution in [2.75, 3.05) is 33.9 Å². The second-order valence-electron chi connectivity index (χ2n) is 6.97. The molecule has 2 aromatic carbocycles. The van der Waals surface area contributed by atoms with Crippen LogP contribution in [0.4, 0.5) is 0 Å². The fourth-order valence-corrected chi connectivity index (χ4v) is 2.93. The predicted molar refractivity (Wildman–Crippen MR) is 135 cm³/mol. The van der Waals surface area contributed by atoms with Crippen molar-refractivity contribution in [1.29, 1.82) is 0 Å². The zero-order valence-electron chi connectivity index (χ0n) is 18.8. The maximum absolute atomic E-state index is 10.3. The Bertz CT molecular complexity index is 832. The van der Waals surface area contributed by atoms with E-state index in [1.165, 1.54) is 0 Å². The molecule has 0 spiro atoms. The molecule has 0 aliphatic heterocycles. The first-order valence-electron chi connectivity index (χ1n) is 10.1. The average Bonchev–Trinajstić information content (AvgIpc) is 2.75. The molecule has 2 atom stereocenters. The van der Waals surface area contributed by atoms with E-state index in [0.717, 1.165) is 28.4 Å². The highest BCUT2D eigenvalue weighted by atomic mass is 127. The third-order valence-corrected chi connectivity index (χ3v) is 4.49. The van der Waals surface area contributed by atoms with E-state index in [2.05, 4.69) is 15.6 Å². The number of nitrogens with one attached hydrogen (secondary N) is 2. The number of guanidine groups is 1. The molecule has 0 amide bonds. The molecule has 31 heavy (non-hydrogen) atoms. The Balaban J connectivity index is 0.00000480. The van der Waals surface area contributed by atoms with Crippen LogP contribution in [0.5, 0.6) is 17.2 Å². The van der Waals surface area contributed by atoms with Crippen molar-refractivity contribution in [3.8, 4) is 17.2 Å². The van der Waals surface area contributed by atoms with Crippen molar-refractivity contribution >= 4 is 29.9 Å². The minimum atomic E-state index is -0.720. The highest BCUT2D eigenvalue weighted by Gasteiger charge is 2.15. The van der Waals surface area contributed by atoms with Gasteiger partial charge in [0.25, 0.3) is 0 Å². The molecule has 2 aromatic rings. The topological polar surface area (TPSA) is 84.3 Å². The summed E-state index contributed by atoms with van der Waals surface area (Å²) in [4.78, 5) is 4.50. The second kappa shape index (κ2) is 14.0. The normalized spacial score (nSPS) is 12.9. The van der Waals surface area contributed by atoms with Gasteiger partial charge in [0.1, 0.15) is 30.0 Å². The maximum atomic E-state index is 10.3. The molecule has 0 saturated heterocycles. The van der Waals surface area contributed by atoms with E-state index < -0.39 is 6.10 Å². The third-order valence-electron chi connectivity index (χ3n) is 4.49. The Hall–Kier alpha value is -2.20. The summed E-state index contributed by atoms with van der Waals surface area (Å²) < 4.78 is 16.5. The molecule has 2 unspecified atom stereocenters. The minimum absolute atomic E-state index is 0. The van der Waals surface area contributed by atoms with Crippen LogP contribution in [-0.2, 0) is 0 Å². The summed E-state index contributed by atoms with van der Waals surface area (Å²) in [6.45, 7) is 7.09. The van der Waals surface area contributed by atoms with Crippen LogP contribution in [0.2, 0.25) is 0 Å². The van der Waals surface area contributed by atoms with Crippen molar-refractivity contribution in [2.24, 2.45) is 4.99 Å². The molecule has 0 bridgehead atoms. The number of hydrogen-bond acceptors (Lipinski definition) is 5. The first kappa shape index (κ1) is 26.8. The number of aliphatic hydroxyl groups is 1. The van der Waals surface area contributed by atoms with E-state index in [4.69, 9.17) is 14.2 Å². The summed E-state index contributed by atoms with van der Waals surface area (Å²) in [7, 11) is 3.28. The molecule has 0 heterocycles. The summed E-state index contributed by atoms with van der Waals surface area (Å²) >= 11 is 0. The van der Waals surface area contributed by atoms with E-state index in [-0.39, 0.29) is 43.2 Å². The standard InChI is InChI=1S/C23H33N3O4.HI/c1-6-24-23(25-14-18(27)15-30-20-9-7-8-16(2)12-20)26-17(3)21-13-19(28-4)10-11-22(21)29-5;/h7-13,17-18,27H,6,14-15H2,1-5H3,(H2,24,25,26);1H. The molecular weight excluding hydrogens is 509 g/mol. The van der Waals surface area contributed by atoms with Crippen molar-refractivity contribution < 1.29 is 19.3 Å². The van der Waals surface area contributed by atoms with E-state index >= 15 is 0 Å². The number of hydrogen-bond donors (Lipinski definition) is 3. The number of aryl methyl sites for hydroxylation is 1. The Kier molecular flexibility index (Phi) is 12.1. The molecule has 8 heteroatoms. The Morgan fingerprint density at radius 3 is 2.52 bits per heavy atom. The lowest BCUT2D eigenvalue weighted by Gasteiger charge is -2.21. The van der Waals surface area contributed by atoms with E-state index in [1.54, 1.807) is 14.2 Å². The van der Waals surface area contributed by atoms with E-state index in [9.17, 15) is 5.11 Å². The van der Waals surface area contributed by atoms with Gasteiger partial charge in [0, 0.05) is 12.1 Å². The predicted octanol–water partition coefficient (Wildman–Crippen LogP) is 3.69. The summed E-state index contributed by atoms with van der Waals surface area (Å²) in [5, 5.41) is 16.8. The van der Waals surface area contributed by atoms with Crippen LogP contribution in [0, 0.1) is 6.92 Å². The van der Waals surface area contributed by atoms with E-state index in [1.807, 2.05) is 63.2 Å². The fraction of sp³-hybridized carbons (Fsp3) is 0.435. The van der Waals surface area contributed by atoms with E-state index in [0.29, 0.717) is 12.5 Å². The van der Waals surface area contributed by atoms with Gasteiger partial charge in [0.2, 0.25) is 0 Å². The molecule has 0 aliphatic rings. The average molecular weight is 543 g/mol. The van der Waals surface area contributed by atoms with Gasteiger partial charge in [-0.25, -0.2) is 0 Å². The largest absolute Gasteiger partial charge is 0.497 e. The summed E-state index contributed by atoms with van der Waals surface area (Å²) in [6, 6.07) is 13.3. The maximum Gasteiger partial charge on any atom is 0.191 e. The Labute approximate surface area is 202 Å². The van der Waals surface area contributed by atoms with Gasteiger partial charge in [-0.15, -0.1) is 24.0 Å². The number of ether oxygens (including phenoxy) is 3. The molecule has 0 radical (unpaired) electrons. The summed E-state index contributed by atoms with van der Waals surface area (Å²) in [5.41, 5.74) is 2.06. The molecule has 3 N–H and O–H groups in total. The van der Waals surface area contributed by atoms with Crippen LogP contribution in [-0.4, -0.2) is 51.1 Å². The number of methoxy groups -OCH3 is 2. The van der Waals surface area contributed by atoms with Crippen LogP contribution in [0.15, 0.2) is 47.5 Å². The fourth-order valence-electron chi connectivity index (χ4n) is 2.93. The second-order valence-corrected chi connectivity index (χ2v) is 6.97. The number of rotatable bonds is 10.